The molecule has 0 heterocycles. The molecular formula is C19H22FNO3S. The van der Waals surface area contributed by atoms with Gasteiger partial charge < -0.3 is 5.32 Å². The second-order valence-electron chi connectivity index (χ2n) is 6.77. The van der Waals surface area contributed by atoms with Crippen LogP contribution >= 0.6 is 0 Å². The molecule has 0 bridgehead atoms. The zero-order chi connectivity index (χ0) is 18.7. The second kappa shape index (κ2) is 7.35. The van der Waals surface area contributed by atoms with Gasteiger partial charge in [0.05, 0.1) is 10.6 Å². The predicted octanol–water partition coefficient (Wildman–Crippen LogP) is 4.29. The van der Waals surface area contributed by atoms with Crippen LogP contribution in [-0.4, -0.2) is 20.1 Å². The van der Waals surface area contributed by atoms with Crippen LogP contribution in [0.5, 0.6) is 0 Å². The van der Waals surface area contributed by atoms with Gasteiger partial charge >= 0.3 is 0 Å². The smallest absolute Gasteiger partial charge is 0.255 e. The van der Waals surface area contributed by atoms with Crippen LogP contribution in [0.25, 0.3) is 0 Å². The highest BCUT2D eigenvalue weighted by Gasteiger charge is 2.26. The molecule has 25 heavy (non-hydrogen) atoms. The van der Waals surface area contributed by atoms with Crippen LogP contribution in [0.2, 0.25) is 0 Å². The molecule has 0 aromatic heterocycles. The zero-order valence-corrected chi connectivity index (χ0v) is 15.4. The third-order valence-corrected chi connectivity index (χ3v) is 6.23. The molecule has 4 nitrogen and oxygen atoms in total. The van der Waals surface area contributed by atoms with E-state index in [0.29, 0.717) is 5.69 Å². The largest absolute Gasteiger partial charge is 0.322 e. The van der Waals surface area contributed by atoms with Crippen molar-refractivity contribution < 1.29 is 17.6 Å². The predicted molar refractivity (Wildman–Crippen MR) is 96.9 cm³/mol. The zero-order valence-electron chi connectivity index (χ0n) is 14.5. The van der Waals surface area contributed by atoms with E-state index in [9.17, 15) is 17.6 Å². The molecule has 0 fully saturated rings. The molecule has 2 aromatic carbocycles. The maximum atomic E-state index is 12.9. The van der Waals surface area contributed by atoms with Gasteiger partial charge in [-0.3, -0.25) is 4.79 Å². The Labute approximate surface area is 148 Å². The van der Waals surface area contributed by atoms with Crippen molar-refractivity contribution in [3.05, 3.63) is 59.9 Å². The maximum absolute atomic E-state index is 12.9. The van der Waals surface area contributed by atoms with Crippen molar-refractivity contribution in [2.24, 2.45) is 5.41 Å². The minimum Gasteiger partial charge on any atom is -0.322 e. The number of sulfone groups is 1. The van der Waals surface area contributed by atoms with Crippen molar-refractivity contribution in [2.75, 3.05) is 11.1 Å². The van der Waals surface area contributed by atoms with Gasteiger partial charge in [-0.25, -0.2) is 12.8 Å². The number of rotatable bonds is 6. The fourth-order valence-corrected chi connectivity index (χ4v) is 4.26. The first kappa shape index (κ1) is 19.1. The van der Waals surface area contributed by atoms with E-state index < -0.39 is 21.6 Å². The first-order valence-electron chi connectivity index (χ1n) is 8.03. The summed E-state index contributed by atoms with van der Waals surface area (Å²) in [5, 5.41) is 2.62. The van der Waals surface area contributed by atoms with Gasteiger partial charge in [0.2, 0.25) is 0 Å². The summed E-state index contributed by atoms with van der Waals surface area (Å²) in [6, 6.07) is 11.3. The van der Waals surface area contributed by atoms with Gasteiger partial charge in [-0.05, 0) is 47.9 Å². The highest BCUT2D eigenvalue weighted by atomic mass is 32.2. The van der Waals surface area contributed by atoms with Gasteiger partial charge in [0.15, 0.2) is 9.84 Å². The number of benzene rings is 2. The van der Waals surface area contributed by atoms with Crippen LogP contribution in [0.1, 0.15) is 37.6 Å². The van der Waals surface area contributed by atoms with Gasteiger partial charge in [-0.15, -0.1) is 0 Å². The van der Waals surface area contributed by atoms with E-state index in [4.69, 9.17) is 0 Å². The average Bonchev–Trinajstić information content (AvgIpc) is 2.56. The first-order valence-corrected chi connectivity index (χ1v) is 9.68. The number of carbonyl (C=O) groups excluding carboxylic acids is 1. The lowest BCUT2D eigenvalue weighted by molar-refractivity contribution is 0.102. The van der Waals surface area contributed by atoms with Crippen LogP contribution in [0.3, 0.4) is 0 Å². The summed E-state index contributed by atoms with van der Waals surface area (Å²) in [4.78, 5) is 12.4. The van der Waals surface area contributed by atoms with E-state index in [1.165, 1.54) is 36.4 Å². The van der Waals surface area contributed by atoms with E-state index in [1.807, 2.05) is 20.8 Å². The van der Waals surface area contributed by atoms with Crippen molar-refractivity contribution in [2.45, 2.75) is 32.1 Å². The van der Waals surface area contributed by atoms with Crippen LogP contribution in [0.4, 0.5) is 10.1 Å². The van der Waals surface area contributed by atoms with E-state index >= 15 is 0 Å². The lowest BCUT2D eigenvalue weighted by Gasteiger charge is -2.22. The maximum Gasteiger partial charge on any atom is 0.255 e. The number of anilines is 1. The van der Waals surface area contributed by atoms with Crippen LogP contribution < -0.4 is 5.32 Å². The molecule has 6 heteroatoms. The van der Waals surface area contributed by atoms with Crippen molar-refractivity contribution in [1.29, 1.82) is 0 Å². The molecule has 2 rings (SSSR count). The lowest BCUT2D eigenvalue weighted by atomic mass is 9.93. The molecule has 0 aliphatic rings. The van der Waals surface area contributed by atoms with Gasteiger partial charge in [0.25, 0.3) is 5.91 Å². The minimum atomic E-state index is -3.49. The Morgan fingerprint density at radius 3 is 2.36 bits per heavy atom. The van der Waals surface area contributed by atoms with Crippen molar-refractivity contribution in [3.63, 3.8) is 0 Å². The number of hydrogen-bond acceptors (Lipinski definition) is 3. The van der Waals surface area contributed by atoms with E-state index in [2.05, 4.69) is 5.32 Å². The number of nitrogens with one attached hydrogen (secondary N) is 1. The number of hydrogen-bond donors (Lipinski definition) is 1. The minimum absolute atomic E-state index is 0.0134. The summed E-state index contributed by atoms with van der Waals surface area (Å²) in [6.07, 6.45) is 0.733. The first-order chi connectivity index (χ1) is 11.6. The quantitative estimate of drug-likeness (QED) is 0.833. The van der Waals surface area contributed by atoms with Gasteiger partial charge in [0, 0.05) is 11.3 Å². The van der Waals surface area contributed by atoms with Crippen LogP contribution in [0.15, 0.2) is 53.4 Å². The molecule has 0 aliphatic carbocycles. The molecule has 1 amide bonds. The van der Waals surface area contributed by atoms with Gasteiger partial charge in [0.1, 0.15) is 5.82 Å². The molecule has 0 radical (unpaired) electrons. The van der Waals surface area contributed by atoms with Crippen LogP contribution in [-0.2, 0) is 9.84 Å². The van der Waals surface area contributed by atoms with Gasteiger partial charge in [-0.2, -0.15) is 0 Å². The number of carbonyl (C=O) groups is 1. The Balaban J connectivity index is 2.23. The average molecular weight is 363 g/mol. The fraction of sp³-hybridized carbons (Fsp3) is 0.316. The Morgan fingerprint density at radius 2 is 1.76 bits per heavy atom. The highest BCUT2D eigenvalue weighted by molar-refractivity contribution is 7.91. The topological polar surface area (TPSA) is 63.2 Å². The lowest BCUT2D eigenvalue weighted by Crippen LogP contribution is -2.23. The standard InChI is InChI=1S/C19H22FNO3S/c1-4-19(2,3)13-25(23,24)17-7-5-6-14(12-17)18(22)21-16-10-8-15(20)9-11-16/h5-12H,4,13H2,1-3H3,(H,21,22). The molecular weight excluding hydrogens is 341 g/mol. The number of amides is 1. The Bertz CT molecular complexity index is 858. The summed E-state index contributed by atoms with van der Waals surface area (Å²) in [5.74, 6) is -0.831. The molecule has 0 saturated carbocycles. The van der Waals surface area contributed by atoms with E-state index in [1.54, 1.807) is 12.1 Å². The summed E-state index contributed by atoms with van der Waals surface area (Å²) in [6.45, 7) is 5.74. The summed E-state index contributed by atoms with van der Waals surface area (Å²) in [5.41, 5.74) is 0.331. The molecule has 0 unspecified atom stereocenters. The Hall–Kier alpha value is -2.21. The van der Waals surface area contributed by atoms with Gasteiger partial charge in [-0.1, -0.05) is 33.3 Å². The SMILES string of the molecule is CCC(C)(C)CS(=O)(=O)c1cccc(C(=O)Nc2ccc(F)cc2)c1. The molecule has 0 saturated heterocycles. The third-order valence-electron chi connectivity index (χ3n) is 4.10. The van der Waals surface area contributed by atoms with Crippen molar-refractivity contribution >= 4 is 21.4 Å². The normalized spacial score (nSPS) is 12.0. The second-order valence-corrected chi connectivity index (χ2v) is 8.76. The molecule has 0 spiro atoms. The Morgan fingerprint density at radius 1 is 1.12 bits per heavy atom. The molecule has 0 aliphatic heterocycles. The van der Waals surface area contributed by atoms with Crippen molar-refractivity contribution in [3.8, 4) is 0 Å². The molecule has 1 N–H and O–H groups in total. The summed E-state index contributed by atoms with van der Waals surface area (Å²) < 4.78 is 38.1. The number of halogens is 1. The van der Waals surface area contributed by atoms with Crippen LogP contribution in [0, 0.1) is 11.2 Å². The Kier molecular flexibility index (Phi) is 5.62. The monoisotopic (exact) mass is 363 g/mol. The highest BCUT2D eigenvalue weighted by Crippen LogP contribution is 2.26. The van der Waals surface area contributed by atoms with E-state index in [-0.39, 0.29) is 21.6 Å². The fourth-order valence-electron chi connectivity index (χ4n) is 2.27. The molecule has 134 valence electrons. The van der Waals surface area contributed by atoms with Crippen molar-refractivity contribution in [1.82, 2.24) is 0 Å². The summed E-state index contributed by atoms with van der Waals surface area (Å²) >= 11 is 0. The molecule has 2 aromatic rings. The van der Waals surface area contributed by atoms with E-state index in [0.717, 1.165) is 6.42 Å². The summed E-state index contributed by atoms with van der Waals surface area (Å²) in [7, 11) is -3.49. The third kappa shape index (κ3) is 5.13. The molecule has 0 atom stereocenters.